The standard InChI is InChI=1S/C30H28N2O6S2/c1-38-30(33)29-22-31(39(34,35)27-16-12-25(13-17-27)23-8-4-2-5-9-23)20-21-32(29)40(36,37)28-18-14-26(15-19-28)24-10-6-3-7-11-24/h2-19,29H,20-22H2,1H3. The zero-order valence-corrected chi connectivity index (χ0v) is 23.4. The number of carbonyl (C=O) groups is 1. The highest BCUT2D eigenvalue weighted by molar-refractivity contribution is 7.89. The number of benzene rings is 4. The summed E-state index contributed by atoms with van der Waals surface area (Å²) >= 11 is 0. The van der Waals surface area contributed by atoms with Gasteiger partial charge in [-0.3, -0.25) is 4.79 Å². The van der Waals surface area contributed by atoms with Crippen molar-refractivity contribution in [1.29, 1.82) is 0 Å². The smallest absolute Gasteiger partial charge is 0.325 e. The summed E-state index contributed by atoms with van der Waals surface area (Å²) in [5, 5.41) is 0. The third-order valence-corrected chi connectivity index (χ3v) is 10.7. The Bertz CT molecular complexity index is 1690. The molecule has 1 heterocycles. The molecule has 5 rings (SSSR count). The topological polar surface area (TPSA) is 101 Å². The van der Waals surface area contributed by atoms with Crippen molar-refractivity contribution < 1.29 is 26.4 Å². The van der Waals surface area contributed by atoms with Crippen LogP contribution in [0.2, 0.25) is 0 Å². The van der Waals surface area contributed by atoms with Gasteiger partial charge in [-0.05, 0) is 46.5 Å². The van der Waals surface area contributed by atoms with Gasteiger partial charge in [0, 0.05) is 19.6 Å². The van der Waals surface area contributed by atoms with E-state index in [0.29, 0.717) is 0 Å². The van der Waals surface area contributed by atoms with Gasteiger partial charge in [0.05, 0.1) is 16.9 Å². The maximum absolute atomic E-state index is 13.6. The van der Waals surface area contributed by atoms with Crippen molar-refractivity contribution in [2.75, 3.05) is 26.7 Å². The molecule has 10 heteroatoms. The maximum Gasteiger partial charge on any atom is 0.325 e. The largest absolute Gasteiger partial charge is 0.468 e. The Kier molecular flexibility index (Phi) is 7.86. The van der Waals surface area contributed by atoms with Crippen LogP contribution in [0, 0.1) is 0 Å². The van der Waals surface area contributed by atoms with E-state index in [1.807, 2.05) is 60.7 Å². The molecule has 0 aromatic heterocycles. The van der Waals surface area contributed by atoms with Crippen molar-refractivity contribution in [2.45, 2.75) is 15.8 Å². The molecule has 0 spiro atoms. The molecule has 40 heavy (non-hydrogen) atoms. The zero-order valence-electron chi connectivity index (χ0n) is 21.8. The molecule has 0 saturated carbocycles. The Morgan fingerprint density at radius 2 is 1.05 bits per heavy atom. The van der Waals surface area contributed by atoms with E-state index in [2.05, 4.69) is 0 Å². The van der Waals surface area contributed by atoms with Gasteiger partial charge < -0.3 is 4.74 Å². The average Bonchev–Trinajstić information content (AvgIpc) is 3.01. The molecule has 0 bridgehead atoms. The normalized spacial score (nSPS) is 16.9. The molecule has 0 amide bonds. The molecular weight excluding hydrogens is 548 g/mol. The first-order chi connectivity index (χ1) is 19.2. The van der Waals surface area contributed by atoms with Crippen LogP contribution < -0.4 is 0 Å². The van der Waals surface area contributed by atoms with E-state index in [0.717, 1.165) is 38.0 Å². The van der Waals surface area contributed by atoms with Gasteiger partial charge in [0.25, 0.3) is 0 Å². The molecule has 1 unspecified atom stereocenters. The zero-order chi connectivity index (χ0) is 28.3. The van der Waals surface area contributed by atoms with Gasteiger partial charge in [0.2, 0.25) is 20.0 Å². The second-order valence-electron chi connectivity index (χ2n) is 9.30. The molecule has 1 atom stereocenters. The van der Waals surface area contributed by atoms with E-state index in [9.17, 15) is 21.6 Å². The van der Waals surface area contributed by atoms with Gasteiger partial charge >= 0.3 is 5.97 Å². The first kappa shape index (κ1) is 27.7. The SMILES string of the molecule is COC(=O)C1CN(S(=O)(=O)c2ccc(-c3ccccc3)cc2)CCN1S(=O)(=O)c1ccc(-c2ccccc2)cc1. The molecule has 1 aliphatic heterocycles. The Morgan fingerprint density at radius 3 is 1.50 bits per heavy atom. The number of carbonyl (C=O) groups excluding carboxylic acids is 1. The van der Waals surface area contributed by atoms with E-state index in [1.165, 1.54) is 24.3 Å². The minimum Gasteiger partial charge on any atom is -0.468 e. The highest BCUT2D eigenvalue weighted by atomic mass is 32.2. The van der Waals surface area contributed by atoms with Crippen LogP contribution in [0.25, 0.3) is 22.3 Å². The van der Waals surface area contributed by atoms with Crippen LogP contribution in [-0.4, -0.2) is 64.2 Å². The van der Waals surface area contributed by atoms with Crippen molar-refractivity contribution >= 4 is 26.0 Å². The van der Waals surface area contributed by atoms with Crippen LogP contribution in [0.1, 0.15) is 0 Å². The Balaban J connectivity index is 1.38. The molecular formula is C30H28N2O6S2. The summed E-state index contributed by atoms with van der Waals surface area (Å²) in [6.07, 6.45) is 0. The number of hydrogen-bond acceptors (Lipinski definition) is 6. The minimum atomic E-state index is -4.12. The highest BCUT2D eigenvalue weighted by Crippen LogP contribution is 2.29. The van der Waals surface area contributed by atoms with Gasteiger partial charge in [-0.25, -0.2) is 16.8 Å². The van der Waals surface area contributed by atoms with Crippen LogP contribution in [0.4, 0.5) is 0 Å². The van der Waals surface area contributed by atoms with Gasteiger partial charge in [-0.2, -0.15) is 8.61 Å². The number of sulfonamides is 2. The predicted octanol–water partition coefficient (Wildman–Crippen LogP) is 4.26. The molecule has 1 aliphatic rings. The first-order valence-corrected chi connectivity index (χ1v) is 15.5. The van der Waals surface area contributed by atoms with E-state index in [-0.39, 0.29) is 29.4 Å². The van der Waals surface area contributed by atoms with E-state index in [1.54, 1.807) is 24.3 Å². The summed E-state index contributed by atoms with van der Waals surface area (Å²) in [6, 6.07) is 30.6. The van der Waals surface area contributed by atoms with Crippen molar-refractivity contribution in [2.24, 2.45) is 0 Å². The van der Waals surface area contributed by atoms with Crippen molar-refractivity contribution in [1.82, 2.24) is 8.61 Å². The van der Waals surface area contributed by atoms with Crippen molar-refractivity contribution in [3.05, 3.63) is 109 Å². The summed E-state index contributed by atoms with van der Waals surface area (Å²) in [5.41, 5.74) is 3.60. The lowest BCUT2D eigenvalue weighted by atomic mass is 10.1. The minimum absolute atomic E-state index is 0.00823. The van der Waals surface area contributed by atoms with Crippen LogP contribution in [0.15, 0.2) is 119 Å². The third-order valence-electron chi connectivity index (χ3n) is 6.93. The molecule has 1 saturated heterocycles. The second-order valence-corrected chi connectivity index (χ2v) is 13.1. The lowest BCUT2D eigenvalue weighted by molar-refractivity contribution is -0.146. The summed E-state index contributed by atoms with van der Waals surface area (Å²) < 4.78 is 61.3. The van der Waals surface area contributed by atoms with Gasteiger partial charge in [-0.15, -0.1) is 0 Å². The summed E-state index contributed by atoms with van der Waals surface area (Å²) in [6.45, 7) is -0.682. The molecule has 0 radical (unpaired) electrons. The van der Waals surface area contributed by atoms with E-state index < -0.39 is 32.1 Å². The molecule has 0 aliphatic carbocycles. The van der Waals surface area contributed by atoms with Crippen molar-refractivity contribution in [3.8, 4) is 22.3 Å². The molecule has 8 nitrogen and oxygen atoms in total. The lowest BCUT2D eigenvalue weighted by Crippen LogP contribution is -2.59. The molecule has 4 aromatic rings. The van der Waals surface area contributed by atoms with Gasteiger partial charge in [0.15, 0.2) is 0 Å². The Morgan fingerprint density at radius 1 is 0.625 bits per heavy atom. The fraction of sp³-hybridized carbons (Fsp3) is 0.167. The number of rotatable bonds is 7. The highest BCUT2D eigenvalue weighted by Gasteiger charge is 2.44. The number of ether oxygens (including phenoxy) is 1. The number of piperazine rings is 1. The van der Waals surface area contributed by atoms with Gasteiger partial charge in [0.1, 0.15) is 6.04 Å². The fourth-order valence-electron chi connectivity index (χ4n) is 4.76. The third kappa shape index (κ3) is 5.44. The lowest BCUT2D eigenvalue weighted by Gasteiger charge is -2.38. The second kappa shape index (κ2) is 11.3. The molecule has 4 aromatic carbocycles. The quantitative estimate of drug-likeness (QED) is 0.305. The molecule has 206 valence electrons. The summed E-state index contributed by atoms with van der Waals surface area (Å²) in [7, 11) is -6.98. The summed E-state index contributed by atoms with van der Waals surface area (Å²) in [4.78, 5) is 12.8. The van der Waals surface area contributed by atoms with Gasteiger partial charge in [-0.1, -0.05) is 84.9 Å². The maximum atomic E-state index is 13.6. The monoisotopic (exact) mass is 576 g/mol. The molecule has 0 N–H and O–H groups in total. The Hall–Kier alpha value is -3.83. The number of nitrogens with zero attached hydrogens (tertiary/aromatic N) is 2. The van der Waals surface area contributed by atoms with Crippen LogP contribution in [0.3, 0.4) is 0 Å². The Labute approximate surface area is 234 Å². The molecule has 1 fully saturated rings. The fourth-order valence-corrected chi connectivity index (χ4v) is 7.76. The first-order valence-electron chi connectivity index (χ1n) is 12.6. The predicted molar refractivity (Wildman–Crippen MR) is 152 cm³/mol. The van der Waals surface area contributed by atoms with Crippen molar-refractivity contribution in [3.63, 3.8) is 0 Å². The van der Waals surface area contributed by atoms with Crippen LogP contribution >= 0.6 is 0 Å². The number of methoxy groups -OCH3 is 1. The van der Waals surface area contributed by atoms with E-state index in [4.69, 9.17) is 4.74 Å². The number of esters is 1. The van der Waals surface area contributed by atoms with Crippen LogP contribution in [0.5, 0.6) is 0 Å². The average molecular weight is 577 g/mol. The summed E-state index contributed by atoms with van der Waals surface area (Å²) in [5.74, 6) is -0.830. The number of hydrogen-bond donors (Lipinski definition) is 0. The van der Waals surface area contributed by atoms with Crippen LogP contribution in [-0.2, 0) is 29.6 Å². The van der Waals surface area contributed by atoms with E-state index >= 15 is 0 Å².